The third-order valence-electron chi connectivity index (χ3n) is 4.28. The molecule has 3 heterocycles. The molecule has 3 rings (SSSR count). The second-order valence-electron chi connectivity index (χ2n) is 5.67. The number of piperidine rings is 1. The van der Waals surface area contributed by atoms with Gasteiger partial charge in [0.1, 0.15) is 11.5 Å². The zero-order valence-corrected chi connectivity index (χ0v) is 13.1. The zero-order valence-electron chi connectivity index (χ0n) is 13.1. The second kappa shape index (κ2) is 6.64. The van der Waals surface area contributed by atoms with Gasteiger partial charge in [-0.2, -0.15) is 0 Å². The fourth-order valence-electron chi connectivity index (χ4n) is 2.93. The largest absolute Gasteiger partial charge is 0.464 e. The number of ether oxygens (including phenoxy) is 1. The lowest BCUT2D eigenvalue weighted by atomic mass is 9.90. The molecule has 6 heteroatoms. The van der Waals surface area contributed by atoms with Gasteiger partial charge in [0.15, 0.2) is 0 Å². The van der Waals surface area contributed by atoms with Crippen molar-refractivity contribution in [3.63, 3.8) is 0 Å². The van der Waals surface area contributed by atoms with Crippen molar-refractivity contribution in [2.24, 2.45) is 0 Å². The van der Waals surface area contributed by atoms with Crippen molar-refractivity contribution in [3.05, 3.63) is 47.9 Å². The molecule has 0 spiro atoms. The Hall–Kier alpha value is -2.63. The van der Waals surface area contributed by atoms with Crippen LogP contribution in [0, 0.1) is 0 Å². The first-order valence-corrected chi connectivity index (χ1v) is 7.68. The van der Waals surface area contributed by atoms with E-state index >= 15 is 0 Å². The van der Waals surface area contributed by atoms with Crippen LogP contribution >= 0.6 is 0 Å². The molecule has 0 bridgehead atoms. The van der Waals surface area contributed by atoms with Crippen LogP contribution in [0.15, 0.2) is 36.7 Å². The number of carbonyl (C=O) groups is 1. The molecule has 0 aliphatic carbocycles. The van der Waals surface area contributed by atoms with Crippen LogP contribution in [0.3, 0.4) is 0 Å². The van der Waals surface area contributed by atoms with Gasteiger partial charge in [-0.05, 0) is 42.5 Å². The summed E-state index contributed by atoms with van der Waals surface area (Å²) in [5.41, 5.74) is 8.25. The van der Waals surface area contributed by atoms with Gasteiger partial charge in [-0.15, -0.1) is 0 Å². The molecule has 0 radical (unpaired) electrons. The maximum absolute atomic E-state index is 11.4. The van der Waals surface area contributed by atoms with Crippen molar-refractivity contribution in [1.82, 2.24) is 9.97 Å². The standard InChI is InChI=1S/C17H20N4O2/c1-23-17(22)15-4-3-14(11-19-15)21-8-6-12(7-9-21)13-2-5-16(18)20-10-13/h2-5,10-12H,6-9H2,1H3,(H2,18,20). The van der Waals surface area contributed by atoms with E-state index < -0.39 is 5.97 Å². The molecule has 0 aromatic carbocycles. The average Bonchev–Trinajstić information content (AvgIpc) is 2.62. The fraction of sp³-hybridized carbons (Fsp3) is 0.353. The molecule has 0 saturated carbocycles. The van der Waals surface area contributed by atoms with E-state index in [0.717, 1.165) is 31.6 Å². The van der Waals surface area contributed by atoms with Gasteiger partial charge in [-0.1, -0.05) is 6.07 Å². The van der Waals surface area contributed by atoms with Crippen LogP contribution in [-0.2, 0) is 4.74 Å². The van der Waals surface area contributed by atoms with E-state index in [1.54, 1.807) is 12.3 Å². The number of hydrogen-bond donors (Lipinski definition) is 1. The summed E-state index contributed by atoms with van der Waals surface area (Å²) >= 11 is 0. The Morgan fingerprint density at radius 1 is 1.17 bits per heavy atom. The first kappa shape index (κ1) is 15.3. The van der Waals surface area contributed by atoms with Crippen molar-refractivity contribution in [2.45, 2.75) is 18.8 Å². The monoisotopic (exact) mass is 312 g/mol. The van der Waals surface area contributed by atoms with E-state index in [2.05, 4.69) is 25.7 Å². The normalized spacial score (nSPS) is 15.4. The Morgan fingerprint density at radius 2 is 1.96 bits per heavy atom. The quantitative estimate of drug-likeness (QED) is 0.875. The van der Waals surface area contributed by atoms with Gasteiger partial charge >= 0.3 is 5.97 Å². The number of nitrogens with zero attached hydrogens (tertiary/aromatic N) is 3. The van der Waals surface area contributed by atoms with Crippen LogP contribution in [0.25, 0.3) is 0 Å². The van der Waals surface area contributed by atoms with E-state index in [-0.39, 0.29) is 0 Å². The second-order valence-corrected chi connectivity index (χ2v) is 5.67. The van der Waals surface area contributed by atoms with Gasteiger partial charge in [0.05, 0.1) is 19.0 Å². The molecule has 2 N–H and O–H groups in total. The Morgan fingerprint density at radius 3 is 2.52 bits per heavy atom. The highest BCUT2D eigenvalue weighted by atomic mass is 16.5. The predicted molar refractivity (Wildman–Crippen MR) is 88.4 cm³/mol. The minimum Gasteiger partial charge on any atom is -0.464 e. The molecule has 1 aliphatic heterocycles. The highest BCUT2D eigenvalue weighted by Crippen LogP contribution is 2.30. The molecule has 6 nitrogen and oxygen atoms in total. The minimum atomic E-state index is -0.411. The first-order valence-electron chi connectivity index (χ1n) is 7.68. The van der Waals surface area contributed by atoms with Gasteiger partial charge < -0.3 is 15.4 Å². The fourth-order valence-corrected chi connectivity index (χ4v) is 2.93. The summed E-state index contributed by atoms with van der Waals surface area (Å²) in [6.07, 6.45) is 5.73. The Bertz CT molecular complexity index is 662. The molecule has 2 aromatic rings. The van der Waals surface area contributed by atoms with E-state index in [4.69, 9.17) is 5.73 Å². The van der Waals surface area contributed by atoms with E-state index in [1.807, 2.05) is 18.3 Å². The maximum atomic E-state index is 11.4. The number of hydrogen-bond acceptors (Lipinski definition) is 6. The Labute approximate surface area is 135 Å². The summed E-state index contributed by atoms with van der Waals surface area (Å²) in [7, 11) is 1.36. The third kappa shape index (κ3) is 3.41. The average molecular weight is 312 g/mol. The summed E-state index contributed by atoms with van der Waals surface area (Å²) in [5.74, 6) is 0.663. The van der Waals surface area contributed by atoms with Gasteiger partial charge in [0.2, 0.25) is 0 Å². The zero-order chi connectivity index (χ0) is 16.2. The van der Waals surface area contributed by atoms with E-state index in [0.29, 0.717) is 17.4 Å². The summed E-state index contributed by atoms with van der Waals surface area (Å²) < 4.78 is 4.66. The summed E-state index contributed by atoms with van der Waals surface area (Å²) in [6, 6.07) is 7.55. The van der Waals surface area contributed by atoms with Gasteiger partial charge in [0, 0.05) is 19.3 Å². The first-order chi connectivity index (χ1) is 11.2. The molecule has 0 amide bonds. The van der Waals surface area contributed by atoms with Crippen LogP contribution in [0.5, 0.6) is 0 Å². The van der Waals surface area contributed by atoms with E-state index in [9.17, 15) is 4.79 Å². The van der Waals surface area contributed by atoms with Gasteiger partial charge in [-0.3, -0.25) is 0 Å². The number of anilines is 2. The lowest BCUT2D eigenvalue weighted by Crippen LogP contribution is -2.33. The SMILES string of the molecule is COC(=O)c1ccc(N2CCC(c3ccc(N)nc3)CC2)cn1. The van der Waals surface area contributed by atoms with Crippen LogP contribution in [0.4, 0.5) is 11.5 Å². The molecule has 1 aliphatic rings. The summed E-state index contributed by atoms with van der Waals surface area (Å²) in [4.78, 5) is 22.0. The molecular formula is C17H20N4O2. The number of pyridine rings is 2. The van der Waals surface area contributed by atoms with Crippen molar-refractivity contribution in [3.8, 4) is 0 Å². The van der Waals surface area contributed by atoms with Crippen LogP contribution in [-0.4, -0.2) is 36.1 Å². The van der Waals surface area contributed by atoms with Crippen molar-refractivity contribution >= 4 is 17.5 Å². The Balaban J connectivity index is 1.62. The molecule has 1 saturated heterocycles. The van der Waals surface area contributed by atoms with Crippen LogP contribution in [0.1, 0.15) is 34.8 Å². The predicted octanol–water partition coefficient (Wildman–Crippen LogP) is 2.23. The van der Waals surface area contributed by atoms with Crippen molar-refractivity contribution in [1.29, 1.82) is 0 Å². The summed E-state index contributed by atoms with van der Waals surface area (Å²) in [5, 5.41) is 0. The van der Waals surface area contributed by atoms with Gasteiger partial charge in [0.25, 0.3) is 0 Å². The van der Waals surface area contributed by atoms with Crippen molar-refractivity contribution < 1.29 is 9.53 Å². The summed E-state index contributed by atoms with van der Waals surface area (Å²) in [6.45, 7) is 1.91. The molecule has 23 heavy (non-hydrogen) atoms. The highest BCUT2D eigenvalue weighted by Gasteiger charge is 2.21. The number of esters is 1. The van der Waals surface area contributed by atoms with Crippen molar-refractivity contribution in [2.75, 3.05) is 30.8 Å². The number of nitrogens with two attached hydrogens (primary N) is 1. The van der Waals surface area contributed by atoms with E-state index in [1.165, 1.54) is 12.7 Å². The van der Waals surface area contributed by atoms with Gasteiger partial charge in [-0.25, -0.2) is 14.8 Å². The lowest BCUT2D eigenvalue weighted by Gasteiger charge is -2.33. The number of aromatic nitrogens is 2. The minimum absolute atomic E-state index is 0.332. The smallest absolute Gasteiger partial charge is 0.356 e. The highest BCUT2D eigenvalue weighted by molar-refractivity contribution is 5.87. The van der Waals surface area contributed by atoms with Crippen LogP contribution in [0.2, 0.25) is 0 Å². The molecular weight excluding hydrogens is 292 g/mol. The number of rotatable bonds is 3. The molecule has 0 unspecified atom stereocenters. The number of nitrogen functional groups attached to an aromatic ring is 1. The lowest BCUT2D eigenvalue weighted by molar-refractivity contribution is 0.0594. The number of methoxy groups -OCH3 is 1. The Kier molecular flexibility index (Phi) is 4.41. The van der Waals surface area contributed by atoms with Crippen LogP contribution < -0.4 is 10.6 Å². The molecule has 1 fully saturated rings. The topological polar surface area (TPSA) is 81.3 Å². The third-order valence-corrected chi connectivity index (χ3v) is 4.28. The molecule has 0 atom stereocenters. The maximum Gasteiger partial charge on any atom is 0.356 e. The molecule has 2 aromatic heterocycles. The number of carbonyl (C=O) groups excluding carboxylic acids is 1. The molecule has 120 valence electrons.